The zero-order valence-electron chi connectivity index (χ0n) is 5.20. The summed E-state index contributed by atoms with van der Waals surface area (Å²) >= 11 is 0. The third-order valence-electron chi connectivity index (χ3n) is 1.02. The van der Waals surface area contributed by atoms with E-state index < -0.39 is 0 Å². The smallest absolute Gasteiger partial charge is 0.0299 e. The van der Waals surface area contributed by atoms with Crippen LogP contribution in [0.4, 0.5) is 0 Å². The van der Waals surface area contributed by atoms with E-state index in [0.29, 0.717) is 0 Å². The Hall–Kier alpha value is -0.200. The van der Waals surface area contributed by atoms with Gasteiger partial charge in [-0.2, -0.15) is 0 Å². The van der Waals surface area contributed by atoms with Crippen LogP contribution in [0.3, 0.4) is 0 Å². The predicted molar refractivity (Wildman–Crippen MR) is 46.5 cm³/mol. The second-order valence-electron chi connectivity index (χ2n) is 1.51. The lowest BCUT2D eigenvalue weighted by Crippen LogP contribution is -1.57. The van der Waals surface area contributed by atoms with Crippen molar-refractivity contribution in [1.29, 1.82) is 0 Å². The molecule has 0 unspecified atom stereocenters. The zero-order valence-corrected chi connectivity index (χ0v) is 6.84. The minimum Gasteiger partial charge on any atom is -0.147 e. The van der Waals surface area contributed by atoms with Gasteiger partial charge in [-0.1, -0.05) is 30.4 Å². The summed E-state index contributed by atoms with van der Waals surface area (Å²) in [4.78, 5) is 0. The van der Waals surface area contributed by atoms with Crippen molar-refractivity contribution < 1.29 is 0 Å². The molecule has 0 atom stereocenters. The second-order valence-corrected chi connectivity index (χ2v) is 1.51. The fourth-order valence-corrected chi connectivity index (χ4v) is 0.581. The van der Waals surface area contributed by atoms with Crippen LogP contribution in [0.25, 0.3) is 0 Å². The Morgan fingerprint density at radius 1 is 1.11 bits per heavy atom. The quantitative estimate of drug-likeness (QED) is 0.517. The molecule has 0 radical (unpaired) electrons. The minimum atomic E-state index is 0. The molecule has 0 aromatic rings. The third-order valence-corrected chi connectivity index (χ3v) is 1.02. The van der Waals surface area contributed by atoms with Crippen LogP contribution < -0.4 is 0 Å². The Kier molecular flexibility index (Phi) is 7.63. The summed E-state index contributed by atoms with van der Waals surface area (Å²) in [6.45, 7) is 2.04. The SMILES string of the molecule is CC=C1C=CC=C1.Cl.Cl. The maximum absolute atomic E-state index is 2.08. The molecule has 0 aromatic heterocycles. The highest BCUT2D eigenvalue weighted by molar-refractivity contribution is 5.85. The number of rotatable bonds is 0. The second kappa shape index (κ2) is 5.93. The van der Waals surface area contributed by atoms with Crippen LogP contribution in [0.15, 0.2) is 36.0 Å². The lowest BCUT2D eigenvalue weighted by molar-refractivity contribution is 1.64. The summed E-state index contributed by atoms with van der Waals surface area (Å²) in [5.41, 5.74) is 1.31. The Morgan fingerprint density at radius 3 is 1.78 bits per heavy atom. The molecule has 0 heterocycles. The van der Waals surface area contributed by atoms with Crippen molar-refractivity contribution in [2.24, 2.45) is 0 Å². The van der Waals surface area contributed by atoms with E-state index in [1.54, 1.807) is 0 Å². The summed E-state index contributed by atoms with van der Waals surface area (Å²) in [5.74, 6) is 0. The van der Waals surface area contributed by atoms with Crippen molar-refractivity contribution >= 4 is 24.8 Å². The fraction of sp³-hybridized carbons (Fsp3) is 0.143. The van der Waals surface area contributed by atoms with Gasteiger partial charge in [0.1, 0.15) is 0 Å². The number of halogens is 2. The van der Waals surface area contributed by atoms with Gasteiger partial charge in [-0.05, 0) is 12.5 Å². The van der Waals surface area contributed by atoms with Gasteiger partial charge in [0.15, 0.2) is 0 Å². The summed E-state index contributed by atoms with van der Waals surface area (Å²) in [7, 11) is 0. The van der Waals surface area contributed by atoms with Crippen LogP contribution in [0.1, 0.15) is 6.92 Å². The molecule has 0 aliphatic heterocycles. The van der Waals surface area contributed by atoms with Crippen molar-refractivity contribution in [2.45, 2.75) is 6.92 Å². The molecule has 0 amide bonds. The molecule has 2 heteroatoms. The molecule has 1 aliphatic carbocycles. The van der Waals surface area contributed by atoms with Crippen LogP contribution in [0, 0.1) is 0 Å². The van der Waals surface area contributed by atoms with Gasteiger partial charge in [-0.3, -0.25) is 0 Å². The first-order valence-corrected chi connectivity index (χ1v) is 2.44. The normalized spacial score (nSPS) is 12.3. The Balaban J connectivity index is 0. The first-order valence-electron chi connectivity index (χ1n) is 2.44. The van der Waals surface area contributed by atoms with Crippen LogP contribution in [-0.4, -0.2) is 0 Å². The topological polar surface area (TPSA) is 0 Å². The maximum atomic E-state index is 2.08. The molecular weight excluding hydrogens is 155 g/mol. The molecule has 0 N–H and O–H groups in total. The van der Waals surface area contributed by atoms with Crippen LogP contribution in [0.5, 0.6) is 0 Å². The number of hydrogen-bond acceptors (Lipinski definition) is 0. The lowest BCUT2D eigenvalue weighted by Gasteiger charge is -1.78. The van der Waals surface area contributed by atoms with Crippen molar-refractivity contribution in [3.63, 3.8) is 0 Å². The van der Waals surface area contributed by atoms with E-state index in [9.17, 15) is 0 Å². The zero-order chi connectivity index (χ0) is 5.11. The summed E-state index contributed by atoms with van der Waals surface area (Å²) in [6, 6.07) is 0. The Labute approximate surface area is 68.2 Å². The van der Waals surface area contributed by atoms with Crippen LogP contribution >= 0.6 is 24.8 Å². The Bertz CT molecular complexity index is 129. The van der Waals surface area contributed by atoms with E-state index in [1.165, 1.54) is 5.57 Å². The highest BCUT2D eigenvalue weighted by Crippen LogP contribution is 2.04. The highest BCUT2D eigenvalue weighted by Gasteiger charge is 1.84. The summed E-state index contributed by atoms with van der Waals surface area (Å²) in [5, 5.41) is 0. The van der Waals surface area contributed by atoms with Gasteiger partial charge in [0.25, 0.3) is 0 Å². The largest absolute Gasteiger partial charge is 0.147 e. The first-order chi connectivity index (χ1) is 3.43. The van der Waals surface area contributed by atoms with E-state index in [4.69, 9.17) is 0 Å². The fourth-order valence-electron chi connectivity index (χ4n) is 0.581. The summed E-state index contributed by atoms with van der Waals surface area (Å²) < 4.78 is 0. The average Bonchev–Trinajstić information content (AvgIpc) is 2.14. The van der Waals surface area contributed by atoms with Gasteiger partial charge >= 0.3 is 0 Å². The monoisotopic (exact) mass is 164 g/mol. The van der Waals surface area contributed by atoms with E-state index in [0.717, 1.165) is 0 Å². The van der Waals surface area contributed by atoms with Crippen molar-refractivity contribution in [3.8, 4) is 0 Å². The standard InChI is InChI=1S/C7H8.2ClH/c1-2-7-5-3-4-6-7;;/h2-6H,1H3;2*1H. The molecule has 9 heavy (non-hydrogen) atoms. The molecule has 1 aliphatic rings. The summed E-state index contributed by atoms with van der Waals surface area (Å²) in [6.07, 6.45) is 10.3. The molecule has 0 fully saturated rings. The average molecular weight is 165 g/mol. The molecule has 0 bridgehead atoms. The lowest BCUT2D eigenvalue weighted by atomic mass is 10.3. The van der Waals surface area contributed by atoms with Crippen LogP contribution in [-0.2, 0) is 0 Å². The van der Waals surface area contributed by atoms with Crippen molar-refractivity contribution in [2.75, 3.05) is 0 Å². The number of hydrogen-bond donors (Lipinski definition) is 0. The maximum Gasteiger partial charge on any atom is -0.0299 e. The van der Waals surface area contributed by atoms with Gasteiger partial charge in [0, 0.05) is 0 Å². The van der Waals surface area contributed by atoms with E-state index in [1.807, 2.05) is 19.1 Å². The Morgan fingerprint density at radius 2 is 1.56 bits per heavy atom. The molecule has 52 valence electrons. The van der Waals surface area contributed by atoms with Gasteiger partial charge in [0.2, 0.25) is 0 Å². The molecule has 0 spiro atoms. The molecule has 0 nitrogen and oxygen atoms in total. The predicted octanol–water partition coefficient (Wildman–Crippen LogP) is 2.90. The van der Waals surface area contributed by atoms with Crippen molar-refractivity contribution in [1.82, 2.24) is 0 Å². The van der Waals surface area contributed by atoms with Gasteiger partial charge in [-0.15, -0.1) is 24.8 Å². The molecule has 0 saturated heterocycles. The van der Waals surface area contributed by atoms with Crippen molar-refractivity contribution in [3.05, 3.63) is 36.0 Å². The third kappa shape index (κ3) is 3.39. The first kappa shape index (κ1) is 11.6. The van der Waals surface area contributed by atoms with Gasteiger partial charge in [0.05, 0.1) is 0 Å². The molecule has 1 rings (SSSR count). The van der Waals surface area contributed by atoms with Gasteiger partial charge < -0.3 is 0 Å². The molecule has 0 aromatic carbocycles. The van der Waals surface area contributed by atoms with Gasteiger partial charge in [-0.25, -0.2) is 0 Å². The highest BCUT2D eigenvalue weighted by atomic mass is 35.5. The van der Waals surface area contributed by atoms with E-state index in [-0.39, 0.29) is 24.8 Å². The molecular formula is C7H10Cl2. The van der Waals surface area contributed by atoms with E-state index >= 15 is 0 Å². The number of allylic oxidation sites excluding steroid dienone is 6. The van der Waals surface area contributed by atoms with E-state index in [2.05, 4.69) is 18.2 Å². The molecule has 0 saturated carbocycles. The van der Waals surface area contributed by atoms with Crippen LogP contribution in [0.2, 0.25) is 0 Å². The minimum absolute atomic E-state index is 0.